The minimum absolute atomic E-state index is 0.247. The number of hydrogen-bond acceptors (Lipinski definition) is 5. The van der Waals surface area contributed by atoms with Crippen molar-refractivity contribution in [1.82, 2.24) is 20.0 Å². The number of hydrogen-bond donors (Lipinski definition) is 2. The van der Waals surface area contributed by atoms with Gasteiger partial charge in [0.2, 0.25) is 0 Å². The first-order chi connectivity index (χ1) is 15.5. The number of rotatable bonds is 4. The molecule has 6 nitrogen and oxygen atoms in total. The van der Waals surface area contributed by atoms with Gasteiger partial charge in [-0.25, -0.2) is 18.4 Å². The molecule has 0 saturated carbocycles. The van der Waals surface area contributed by atoms with Crippen LogP contribution >= 0.6 is 0 Å². The van der Waals surface area contributed by atoms with Crippen molar-refractivity contribution in [2.24, 2.45) is 0 Å². The second kappa shape index (κ2) is 7.73. The van der Waals surface area contributed by atoms with E-state index in [9.17, 15) is 13.9 Å². The van der Waals surface area contributed by atoms with E-state index in [0.717, 1.165) is 22.3 Å². The Balaban J connectivity index is 1.47. The van der Waals surface area contributed by atoms with Crippen LogP contribution in [0.5, 0.6) is 5.75 Å². The van der Waals surface area contributed by atoms with E-state index >= 15 is 0 Å². The largest absolute Gasteiger partial charge is 0.505 e. The molecule has 158 valence electrons. The quantitative estimate of drug-likeness (QED) is 0.394. The maximum atomic E-state index is 13.7. The second-order valence-electron chi connectivity index (χ2n) is 7.34. The molecule has 0 unspecified atom stereocenters. The predicted molar refractivity (Wildman–Crippen MR) is 118 cm³/mol. The average Bonchev–Trinajstić information content (AvgIpc) is 3.28. The lowest BCUT2D eigenvalue weighted by atomic mass is 10.1. The topological polar surface area (TPSA) is 75.9 Å². The van der Waals surface area contributed by atoms with E-state index in [1.807, 2.05) is 30.3 Å². The van der Waals surface area contributed by atoms with Crippen molar-refractivity contribution in [3.05, 3.63) is 90.1 Å². The van der Waals surface area contributed by atoms with E-state index in [1.54, 1.807) is 31.3 Å². The SMILES string of the molecule is Cc1cc(Nc2cccc3nc(-c4cn(-c5ccc(O)c(F)c5)nn4)ccc23)ccc1F. The molecule has 0 bridgehead atoms. The van der Waals surface area contributed by atoms with Crippen molar-refractivity contribution in [3.8, 4) is 22.8 Å². The Morgan fingerprint density at radius 2 is 1.78 bits per heavy atom. The molecule has 3 aromatic carbocycles. The van der Waals surface area contributed by atoms with Crippen LogP contribution in [0.3, 0.4) is 0 Å². The number of phenols is 1. The van der Waals surface area contributed by atoms with Crippen molar-refractivity contribution >= 4 is 22.3 Å². The lowest BCUT2D eigenvalue weighted by Gasteiger charge is -2.11. The lowest BCUT2D eigenvalue weighted by molar-refractivity contribution is 0.432. The Hall–Kier alpha value is -4.33. The molecule has 0 atom stereocenters. The second-order valence-corrected chi connectivity index (χ2v) is 7.34. The number of aromatic nitrogens is 4. The van der Waals surface area contributed by atoms with Crippen LogP contribution < -0.4 is 5.32 Å². The van der Waals surface area contributed by atoms with Crippen LogP contribution in [0, 0.1) is 18.6 Å². The minimum Gasteiger partial charge on any atom is -0.505 e. The Kier molecular flexibility index (Phi) is 4.74. The Bertz CT molecular complexity index is 1460. The number of halogens is 2. The normalized spacial score (nSPS) is 11.1. The number of nitrogens with one attached hydrogen (secondary N) is 1. The van der Waals surface area contributed by atoms with Gasteiger partial charge in [-0.15, -0.1) is 5.10 Å². The van der Waals surface area contributed by atoms with Crippen LogP contribution in [0.25, 0.3) is 28.0 Å². The fourth-order valence-electron chi connectivity index (χ4n) is 3.43. The molecule has 0 saturated heterocycles. The third-order valence-electron chi connectivity index (χ3n) is 5.12. The highest BCUT2D eigenvalue weighted by Crippen LogP contribution is 2.28. The van der Waals surface area contributed by atoms with Gasteiger partial charge in [0, 0.05) is 22.8 Å². The average molecular weight is 429 g/mol. The summed E-state index contributed by atoms with van der Waals surface area (Å²) in [5.74, 6) is -1.41. The molecule has 8 heteroatoms. The number of aryl methyl sites for hydroxylation is 1. The standard InChI is InChI=1S/C24H17F2N5O/c1-14-11-15(5-8-18(14)25)27-20-3-2-4-21-17(20)7-9-22(28-21)23-13-31(30-29-23)16-6-10-24(32)19(26)12-16/h2-13,27,32H,1H3. The number of fused-ring (bicyclic) bond motifs is 1. The summed E-state index contributed by atoms with van der Waals surface area (Å²) in [5, 5.41) is 21.8. The van der Waals surface area contributed by atoms with Crippen molar-refractivity contribution in [1.29, 1.82) is 0 Å². The highest BCUT2D eigenvalue weighted by Gasteiger charge is 2.11. The van der Waals surface area contributed by atoms with Crippen molar-refractivity contribution in [2.45, 2.75) is 6.92 Å². The Morgan fingerprint density at radius 1 is 0.906 bits per heavy atom. The Morgan fingerprint density at radius 3 is 2.59 bits per heavy atom. The van der Waals surface area contributed by atoms with Crippen LogP contribution in [0.2, 0.25) is 0 Å². The molecular weight excluding hydrogens is 412 g/mol. The molecule has 0 radical (unpaired) electrons. The smallest absolute Gasteiger partial charge is 0.166 e. The van der Waals surface area contributed by atoms with E-state index in [2.05, 4.69) is 20.6 Å². The first kappa shape index (κ1) is 19.6. The molecular formula is C24H17F2N5O. The fourth-order valence-corrected chi connectivity index (χ4v) is 3.43. The first-order valence-electron chi connectivity index (χ1n) is 9.82. The molecule has 32 heavy (non-hydrogen) atoms. The number of pyridine rings is 1. The fraction of sp³-hybridized carbons (Fsp3) is 0.0417. The van der Waals surface area contributed by atoms with Crippen molar-refractivity contribution in [3.63, 3.8) is 0 Å². The number of benzene rings is 3. The number of phenolic OH excluding ortho intramolecular Hbond substituents is 1. The highest BCUT2D eigenvalue weighted by atomic mass is 19.1. The van der Waals surface area contributed by atoms with Gasteiger partial charge in [0.15, 0.2) is 11.6 Å². The zero-order valence-electron chi connectivity index (χ0n) is 16.9. The number of aromatic hydroxyl groups is 1. The summed E-state index contributed by atoms with van der Waals surface area (Å²) >= 11 is 0. The highest BCUT2D eigenvalue weighted by molar-refractivity contribution is 5.94. The molecule has 5 aromatic rings. The number of anilines is 2. The molecule has 0 spiro atoms. The van der Waals surface area contributed by atoms with Gasteiger partial charge >= 0.3 is 0 Å². The van der Waals surface area contributed by atoms with Gasteiger partial charge in [0.25, 0.3) is 0 Å². The van der Waals surface area contributed by atoms with Crippen LogP contribution in [-0.2, 0) is 0 Å². The van der Waals surface area contributed by atoms with E-state index in [-0.39, 0.29) is 5.82 Å². The zero-order chi connectivity index (χ0) is 22.2. The summed E-state index contributed by atoms with van der Waals surface area (Å²) in [7, 11) is 0. The zero-order valence-corrected chi connectivity index (χ0v) is 16.9. The van der Waals surface area contributed by atoms with Gasteiger partial charge < -0.3 is 10.4 Å². The maximum absolute atomic E-state index is 13.7. The predicted octanol–water partition coefficient (Wildman–Crippen LogP) is 5.52. The van der Waals surface area contributed by atoms with Crippen molar-refractivity contribution in [2.75, 3.05) is 5.32 Å². The lowest BCUT2D eigenvalue weighted by Crippen LogP contribution is -1.95. The summed E-state index contributed by atoms with van der Waals surface area (Å²) in [6, 6.07) is 18.3. The number of nitrogens with zero attached hydrogens (tertiary/aromatic N) is 4. The molecule has 2 heterocycles. The molecule has 2 N–H and O–H groups in total. The summed E-state index contributed by atoms with van der Waals surface area (Å²) in [4.78, 5) is 4.69. The molecule has 0 aliphatic heterocycles. The van der Waals surface area contributed by atoms with Gasteiger partial charge in [-0.2, -0.15) is 0 Å². The third-order valence-corrected chi connectivity index (χ3v) is 5.12. The van der Waals surface area contributed by atoms with Gasteiger partial charge in [-0.05, 0) is 67.1 Å². The van der Waals surface area contributed by atoms with Gasteiger partial charge in [-0.1, -0.05) is 11.3 Å². The van der Waals surface area contributed by atoms with Crippen molar-refractivity contribution < 1.29 is 13.9 Å². The maximum Gasteiger partial charge on any atom is 0.166 e. The van der Waals surface area contributed by atoms with Gasteiger partial charge in [-0.3, -0.25) is 0 Å². The molecule has 5 rings (SSSR count). The summed E-state index contributed by atoms with van der Waals surface area (Å²) in [5.41, 5.74) is 4.50. The van der Waals surface area contributed by atoms with E-state index in [4.69, 9.17) is 0 Å². The van der Waals surface area contributed by atoms with Crippen LogP contribution in [0.4, 0.5) is 20.2 Å². The van der Waals surface area contributed by atoms with Gasteiger partial charge in [0.1, 0.15) is 11.5 Å². The van der Waals surface area contributed by atoms with Crippen LogP contribution in [0.15, 0.2) is 72.9 Å². The summed E-state index contributed by atoms with van der Waals surface area (Å²) in [6.07, 6.45) is 1.64. The molecule has 2 aromatic heterocycles. The van der Waals surface area contributed by atoms with Gasteiger partial charge in [0.05, 0.1) is 23.1 Å². The van der Waals surface area contributed by atoms with Crippen LogP contribution in [-0.4, -0.2) is 25.1 Å². The molecule has 0 aliphatic carbocycles. The molecule has 0 amide bonds. The summed E-state index contributed by atoms with van der Waals surface area (Å²) in [6.45, 7) is 1.72. The van der Waals surface area contributed by atoms with E-state index in [1.165, 1.54) is 22.9 Å². The van der Waals surface area contributed by atoms with Crippen LogP contribution in [0.1, 0.15) is 5.56 Å². The Labute approximate surface area is 181 Å². The van der Waals surface area contributed by atoms with E-state index in [0.29, 0.717) is 22.6 Å². The van der Waals surface area contributed by atoms with E-state index < -0.39 is 11.6 Å². The summed E-state index contributed by atoms with van der Waals surface area (Å²) < 4.78 is 28.6. The first-order valence-corrected chi connectivity index (χ1v) is 9.82. The third kappa shape index (κ3) is 3.62. The molecule has 0 aliphatic rings. The molecule has 0 fully saturated rings. The monoisotopic (exact) mass is 429 g/mol. The minimum atomic E-state index is -0.736.